The second-order valence-electron chi connectivity index (χ2n) is 6.61. The Morgan fingerprint density at radius 1 is 1.15 bits per heavy atom. The number of halogens is 1. The van der Waals surface area contributed by atoms with Gasteiger partial charge in [0.2, 0.25) is 10.0 Å². The molecule has 0 saturated carbocycles. The van der Waals surface area contributed by atoms with Crippen molar-refractivity contribution in [3.05, 3.63) is 64.2 Å². The molecule has 3 rings (SSSR count). The fourth-order valence-electron chi connectivity index (χ4n) is 3.13. The Kier molecular flexibility index (Phi) is 5.37. The minimum Gasteiger partial charge on any atom is -0.349 e. The molecule has 0 aromatic heterocycles. The first-order valence-corrected chi connectivity index (χ1v) is 10.2. The summed E-state index contributed by atoms with van der Waals surface area (Å²) in [6.45, 7) is 0. The third-order valence-electron chi connectivity index (χ3n) is 4.64. The lowest BCUT2D eigenvalue weighted by Crippen LogP contribution is -2.39. The van der Waals surface area contributed by atoms with E-state index in [1.807, 2.05) is 12.1 Å². The van der Waals surface area contributed by atoms with Gasteiger partial charge in [0, 0.05) is 20.1 Å². The SMILES string of the molecule is CN(C)S(=O)(=O)c1ccc(Cl)c(C(=O)NC2CCc3ccccc3C2)c1. The van der Waals surface area contributed by atoms with Crippen LogP contribution in [0.5, 0.6) is 0 Å². The first-order chi connectivity index (χ1) is 12.3. The second-order valence-corrected chi connectivity index (χ2v) is 9.17. The van der Waals surface area contributed by atoms with Crippen LogP contribution in [0.25, 0.3) is 0 Å². The maximum atomic E-state index is 12.7. The van der Waals surface area contributed by atoms with E-state index in [4.69, 9.17) is 11.6 Å². The van der Waals surface area contributed by atoms with Crippen LogP contribution < -0.4 is 5.32 Å². The quantitative estimate of drug-likeness (QED) is 0.869. The number of sulfonamides is 1. The lowest BCUT2D eigenvalue weighted by Gasteiger charge is -2.25. The first kappa shape index (κ1) is 18.9. The molecule has 1 atom stereocenters. The van der Waals surface area contributed by atoms with Crippen molar-refractivity contribution < 1.29 is 13.2 Å². The minimum absolute atomic E-state index is 0.00239. The highest BCUT2D eigenvalue weighted by molar-refractivity contribution is 7.89. The normalized spacial score (nSPS) is 17.0. The molecule has 1 aliphatic carbocycles. The molecular formula is C19H21ClN2O3S. The van der Waals surface area contributed by atoms with Crippen molar-refractivity contribution >= 4 is 27.5 Å². The molecule has 138 valence electrons. The molecule has 1 unspecified atom stereocenters. The summed E-state index contributed by atoms with van der Waals surface area (Å²) in [7, 11) is -0.733. The average Bonchev–Trinajstić information content (AvgIpc) is 2.61. The van der Waals surface area contributed by atoms with Crippen LogP contribution in [0.15, 0.2) is 47.4 Å². The summed E-state index contributed by atoms with van der Waals surface area (Å²) in [5.41, 5.74) is 2.72. The largest absolute Gasteiger partial charge is 0.349 e. The van der Waals surface area contributed by atoms with E-state index in [0.29, 0.717) is 0 Å². The Balaban J connectivity index is 1.80. The third kappa shape index (κ3) is 3.77. The molecule has 0 saturated heterocycles. The molecule has 1 aliphatic rings. The molecule has 0 spiro atoms. The topological polar surface area (TPSA) is 66.5 Å². The predicted molar refractivity (Wildman–Crippen MR) is 102 cm³/mol. The zero-order valence-corrected chi connectivity index (χ0v) is 16.3. The summed E-state index contributed by atoms with van der Waals surface area (Å²) >= 11 is 6.15. The number of amides is 1. The van der Waals surface area contributed by atoms with Gasteiger partial charge in [0.15, 0.2) is 0 Å². The van der Waals surface area contributed by atoms with Gasteiger partial charge < -0.3 is 5.32 Å². The summed E-state index contributed by atoms with van der Waals surface area (Å²) in [6, 6.07) is 12.4. The summed E-state index contributed by atoms with van der Waals surface area (Å²) in [5, 5.41) is 3.23. The van der Waals surface area contributed by atoms with Crippen LogP contribution in [-0.4, -0.2) is 38.8 Å². The maximum Gasteiger partial charge on any atom is 0.253 e. The van der Waals surface area contributed by atoms with Crippen molar-refractivity contribution in [2.75, 3.05) is 14.1 Å². The van der Waals surface area contributed by atoms with E-state index >= 15 is 0 Å². The molecule has 0 aliphatic heterocycles. The molecule has 0 heterocycles. The van der Waals surface area contributed by atoms with Crippen LogP contribution in [0.2, 0.25) is 5.02 Å². The number of fused-ring (bicyclic) bond motifs is 1. The van der Waals surface area contributed by atoms with E-state index in [2.05, 4.69) is 17.4 Å². The number of hydrogen-bond donors (Lipinski definition) is 1. The summed E-state index contributed by atoms with van der Waals surface area (Å²) in [5.74, 6) is -0.352. The third-order valence-corrected chi connectivity index (χ3v) is 6.78. The molecular weight excluding hydrogens is 372 g/mol. The lowest BCUT2D eigenvalue weighted by atomic mass is 9.88. The van der Waals surface area contributed by atoms with E-state index in [-0.39, 0.29) is 27.4 Å². The molecule has 5 nitrogen and oxygen atoms in total. The molecule has 0 fully saturated rings. The van der Waals surface area contributed by atoms with E-state index in [9.17, 15) is 13.2 Å². The van der Waals surface area contributed by atoms with Gasteiger partial charge >= 0.3 is 0 Å². The van der Waals surface area contributed by atoms with Crippen LogP contribution in [-0.2, 0) is 22.9 Å². The highest BCUT2D eigenvalue weighted by Gasteiger charge is 2.24. The van der Waals surface area contributed by atoms with Crippen molar-refractivity contribution in [2.24, 2.45) is 0 Å². The number of aryl methyl sites for hydroxylation is 1. The summed E-state index contributed by atoms with van der Waals surface area (Å²) < 4.78 is 25.7. The average molecular weight is 393 g/mol. The molecule has 1 amide bonds. The fraction of sp³-hybridized carbons (Fsp3) is 0.316. The Labute approximate surface area is 159 Å². The van der Waals surface area contributed by atoms with Gasteiger partial charge in [0.25, 0.3) is 5.91 Å². The van der Waals surface area contributed by atoms with Crippen LogP contribution in [0.1, 0.15) is 27.9 Å². The standard InChI is InChI=1S/C19H21ClN2O3S/c1-22(2)26(24,25)16-9-10-18(20)17(12-16)19(23)21-15-8-7-13-5-3-4-6-14(13)11-15/h3-6,9-10,12,15H,7-8,11H2,1-2H3,(H,21,23). The van der Waals surface area contributed by atoms with Crippen LogP contribution in [0, 0.1) is 0 Å². The second kappa shape index (κ2) is 7.39. The van der Waals surface area contributed by atoms with Gasteiger partial charge in [0.05, 0.1) is 15.5 Å². The predicted octanol–water partition coefficient (Wildman–Crippen LogP) is 2.88. The summed E-state index contributed by atoms with van der Waals surface area (Å²) in [4.78, 5) is 12.7. The van der Waals surface area contributed by atoms with E-state index in [0.717, 1.165) is 23.6 Å². The molecule has 0 radical (unpaired) electrons. The number of hydrogen-bond acceptors (Lipinski definition) is 3. The Morgan fingerprint density at radius 3 is 2.54 bits per heavy atom. The Bertz CT molecular complexity index is 942. The number of nitrogens with zero attached hydrogens (tertiary/aromatic N) is 1. The number of carbonyl (C=O) groups is 1. The highest BCUT2D eigenvalue weighted by atomic mass is 35.5. The van der Waals surface area contributed by atoms with E-state index in [1.165, 1.54) is 43.4 Å². The highest BCUT2D eigenvalue weighted by Crippen LogP contribution is 2.24. The van der Waals surface area contributed by atoms with Gasteiger partial charge in [-0.3, -0.25) is 4.79 Å². The Morgan fingerprint density at radius 2 is 1.85 bits per heavy atom. The molecule has 2 aromatic rings. The van der Waals surface area contributed by atoms with Gasteiger partial charge in [-0.25, -0.2) is 12.7 Å². The van der Waals surface area contributed by atoms with Crippen molar-refractivity contribution in [1.82, 2.24) is 9.62 Å². The van der Waals surface area contributed by atoms with Gasteiger partial charge in [-0.15, -0.1) is 0 Å². The van der Waals surface area contributed by atoms with E-state index < -0.39 is 10.0 Å². The van der Waals surface area contributed by atoms with Crippen molar-refractivity contribution in [1.29, 1.82) is 0 Å². The molecule has 7 heteroatoms. The van der Waals surface area contributed by atoms with E-state index in [1.54, 1.807) is 0 Å². The van der Waals surface area contributed by atoms with Gasteiger partial charge in [-0.2, -0.15) is 0 Å². The number of rotatable bonds is 4. The zero-order valence-electron chi connectivity index (χ0n) is 14.7. The van der Waals surface area contributed by atoms with Crippen LogP contribution >= 0.6 is 11.6 Å². The number of carbonyl (C=O) groups excluding carboxylic acids is 1. The molecule has 0 bridgehead atoms. The Hall–Kier alpha value is -1.89. The van der Waals surface area contributed by atoms with Crippen LogP contribution in [0.4, 0.5) is 0 Å². The molecule has 1 N–H and O–H groups in total. The maximum absolute atomic E-state index is 12.7. The summed E-state index contributed by atoms with van der Waals surface area (Å²) in [6.07, 6.45) is 2.51. The monoisotopic (exact) mass is 392 g/mol. The van der Waals surface area contributed by atoms with Gasteiger partial charge in [-0.1, -0.05) is 35.9 Å². The number of benzene rings is 2. The van der Waals surface area contributed by atoms with Crippen molar-refractivity contribution in [2.45, 2.75) is 30.2 Å². The molecule has 2 aromatic carbocycles. The van der Waals surface area contributed by atoms with Crippen molar-refractivity contribution in [3.63, 3.8) is 0 Å². The van der Waals surface area contributed by atoms with Crippen LogP contribution in [0.3, 0.4) is 0 Å². The lowest BCUT2D eigenvalue weighted by molar-refractivity contribution is 0.0933. The number of nitrogens with one attached hydrogen (secondary N) is 1. The first-order valence-electron chi connectivity index (χ1n) is 8.39. The molecule has 26 heavy (non-hydrogen) atoms. The minimum atomic E-state index is -3.63. The smallest absolute Gasteiger partial charge is 0.253 e. The van der Waals surface area contributed by atoms with Crippen molar-refractivity contribution in [3.8, 4) is 0 Å². The zero-order chi connectivity index (χ0) is 18.9. The fourth-order valence-corrected chi connectivity index (χ4v) is 4.27. The van der Waals surface area contributed by atoms with Gasteiger partial charge in [0.1, 0.15) is 0 Å². The van der Waals surface area contributed by atoms with Gasteiger partial charge in [-0.05, 0) is 48.6 Å².